The number of fused-ring (bicyclic) bond motifs is 1. The van der Waals surface area contributed by atoms with Gasteiger partial charge in [0.25, 0.3) is 10.0 Å². The fourth-order valence-corrected chi connectivity index (χ4v) is 8.01. The summed E-state index contributed by atoms with van der Waals surface area (Å²) in [6, 6.07) is 23.9. The lowest BCUT2D eigenvalue weighted by Gasteiger charge is -2.40. The zero-order valence-electron chi connectivity index (χ0n) is 24.3. The number of hydrogen-bond acceptors (Lipinski definition) is 8. The fourth-order valence-electron chi connectivity index (χ4n) is 5.78. The molecule has 4 aromatic rings. The van der Waals surface area contributed by atoms with Gasteiger partial charge in [-0.05, 0) is 42.0 Å². The minimum atomic E-state index is -4.26. The summed E-state index contributed by atoms with van der Waals surface area (Å²) in [5.41, 5.74) is 1.39. The van der Waals surface area contributed by atoms with Crippen molar-refractivity contribution in [2.24, 2.45) is 0 Å². The quantitative estimate of drug-likeness (QED) is 0.203. The Bertz CT molecular complexity index is 1740. The Labute approximate surface area is 262 Å². The molecule has 10 nitrogen and oxygen atoms in total. The summed E-state index contributed by atoms with van der Waals surface area (Å²) in [5.74, 6) is 0.407. The summed E-state index contributed by atoms with van der Waals surface area (Å²) in [6.07, 6.45) is 3.51. The lowest BCUT2D eigenvalue weighted by atomic mass is 10.0. The van der Waals surface area contributed by atoms with E-state index >= 15 is 0 Å². The van der Waals surface area contributed by atoms with Crippen molar-refractivity contribution < 1.29 is 22.7 Å². The van der Waals surface area contributed by atoms with E-state index in [2.05, 4.69) is 9.88 Å². The van der Waals surface area contributed by atoms with Gasteiger partial charge in [-0.15, -0.1) is 0 Å². The van der Waals surface area contributed by atoms with Gasteiger partial charge in [-0.2, -0.15) is 0 Å². The number of halogens is 1. The van der Waals surface area contributed by atoms with E-state index in [9.17, 15) is 13.2 Å². The Kier molecular flexibility index (Phi) is 8.24. The molecular weight excluding hydrogens is 602 g/mol. The van der Waals surface area contributed by atoms with E-state index in [0.29, 0.717) is 48.9 Å². The SMILES string of the molecule is COc1ccc(S(=O)(=O)N2c3ccccc3N(C(C(=O)N3CCN(c4ccncc4)CC3)c3ccccc3)C2Cl)c(OC)c1. The molecule has 2 atom stereocenters. The summed E-state index contributed by atoms with van der Waals surface area (Å²) >= 11 is 7.15. The molecule has 6 rings (SSSR count). The molecule has 1 fully saturated rings. The maximum atomic E-state index is 14.5. The zero-order valence-corrected chi connectivity index (χ0v) is 25.9. The highest BCUT2D eigenvalue weighted by atomic mass is 35.5. The van der Waals surface area contributed by atoms with Crippen molar-refractivity contribution in [3.63, 3.8) is 0 Å². The molecule has 2 aliphatic rings. The van der Waals surface area contributed by atoms with Crippen molar-refractivity contribution in [3.8, 4) is 11.5 Å². The highest BCUT2D eigenvalue weighted by Crippen LogP contribution is 2.49. The number of anilines is 3. The third-order valence-electron chi connectivity index (χ3n) is 7.97. The number of sulfonamides is 1. The summed E-state index contributed by atoms with van der Waals surface area (Å²) in [5, 5.41) is 0. The highest BCUT2D eigenvalue weighted by Gasteiger charge is 2.48. The Morgan fingerprint density at radius 1 is 0.864 bits per heavy atom. The number of amides is 1. The van der Waals surface area contributed by atoms with Gasteiger partial charge in [0, 0.05) is 50.3 Å². The summed E-state index contributed by atoms with van der Waals surface area (Å²) in [7, 11) is -1.37. The molecule has 2 aliphatic heterocycles. The number of benzene rings is 3. The molecule has 3 heterocycles. The van der Waals surface area contributed by atoms with Crippen LogP contribution in [-0.4, -0.2) is 70.2 Å². The Morgan fingerprint density at radius 2 is 1.52 bits per heavy atom. The molecule has 2 unspecified atom stereocenters. The average Bonchev–Trinajstić information content (AvgIpc) is 3.37. The van der Waals surface area contributed by atoms with E-state index in [1.807, 2.05) is 47.4 Å². The predicted octanol–water partition coefficient (Wildman–Crippen LogP) is 4.73. The van der Waals surface area contributed by atoms with Crippen LogP contribution >= 0.6 is 11.6 Å². The van der Waals surface area contributed by atoms with Gasteiger partial charge in [-0.1, -0.05) is 54.1 Å². The van der Waals surface area contributed by atoms with Crippen molar-refractivity contribution in [1.29, 1.82) is 0 Å². The van der Waals surface area contributed by atoms with Crippen molar-refractivity contribution >= 4 is 44.6 Å². The van der Waals surface area contributed by atoms with Crippen LogP contribution in [0.2, 0.25) is 0 Å². The number of rotatable bonds is 8. The summed E-state index contributed by atoms with van der Waals surface area (Å²) in [4.78, 5) is 24.2. The van der Waals surface area contributed by atoms with Crippen LogP contribution in [0.3, 0.4) is 0 Å². The van der Waals surface area contributed by atoms with Crippen LogP contribution in [-0.2, 0) is 14.8 Å². The minimum Gasteiger partial charge on any atom is -0.497 e. The van der Waals surface area contributed by atoms with Crippen molar-refractivity contribution in [2.75, 3.05) is 54.5 Å². The first-order chi connectivity index (χ1) is 21.3. The first kappa shape index (κ1) is 29.6. The second kappa shape index (κ2) is 12.3. The van der Waals surface area contributed by atoms with E-state index in [0.717, 1.165) is 9.99 Å². The van der Waals surface area contributed by atoms with Gasteiger partial charge in [0.15, 0.2) is 5.62 Å². The first-order valence-corrected chi connectivity index (χ1v) is 16.0. The molecule has 12 heteroatoms. The third kappa shape index (κ3) is 5.26. The molecule has 0 radical (unpaired) electrons. The van der Waals surface area contributed by atoms with Gasteiger partial charge in [-0.25, -0.2) is 12.7 Å². The predicted molar refractivity (Wildman–Crippen MR) is 170 cm³/mol. The average molecular weight is 634 g/mol. The number of hydrogen-bond donors (Lipinski definition) is 0. The molecule has 1 saturated heterocycles. The van der Waals surface area contributed by atoms with Crippen LogP contribution in [0.4, 0.5) is 17.1 Å². The van der Waals surface area contributed by atoms with E-state index < -0.39 is 21.7 Å². The van der Waals surface area contributed by atoms with Crippen molar-refractivity contribution in [2.45, 2.75) is 16.6 Å². The summed E-state index contributed by atoms with van der Waals surface area (Å²) in [6.45, 7) is 2.29. The highest BCUT2D eigenvalue weighted by molar-refractivity contribution is 7.93. The first-order valence-electron chi connectivity index (χ1n) is 14.1. The maximum Gasteiger partial charge on any atom is 0.270 e. The standard InChI is InChI=1S/C32H32ClN5O5S/c1-42-25-12-13-29(28(22-25)43-2)44(40,41)38-27-11-7-6-10-26(27)37(32(38)33)30(23-8-4-3-5-9-23)31(39)36-20-18-35(19-21-36)24-14-16-34-17-15-24/h3-17,22,30,32H,18-21H2,1-2H3. The zero-order chi connectivity index (χ0) is 30.8. The van der Waals surface area contributed by atoms with Crippen molar-refractivity contribution in [3.05, 3.63) is 103 Å². The molecule has 0 N–H and O–H groups in total. The lowest BCUT2D eigenvalue weighted by molar-refractivity contribution is -0.133. The van der Waals surface area contributed by atoms with E-state index in [4.69, 9.17) is 21.1 Å². The van der Waals surface area contributed by atoms with Crippen LogP contribution in [0.15, 0.2) is 102 Å². The monoisotopic (exact) mass is 633 g/mol. The number of nitrogens with zero attached hydrogens (tertiary/aromatic N) is 5. The molecule has 0 aliphatic carbocycles. The van der Waals surface area contributed by atoms with Crippen LogP contribution < -0.4 is 23.6 Å². The van der Waals surface area contributed by atoms with E-state index in [1.54, 1.807) is 47.6 Å². The number of piperazine rings is 1. The van der Waals surface area contributed by atoms with Gasteiger partial charge in [0.2, 0.25) is 5.91 Å². The molecular formula is C32H32ClN5O5S. The van der Waals surface area contributed by atoms with Gasteiger partial charge in [0.1, 0.15) is 22.4 Å². The molecule has 1 aromatic heterocycles. The number of pyridine rings is 1. The van der Waals surface area contributed by atoms with Crippen LogP contribution in [0.25, 0.3) is 0 Å². The van der Waals surface area contributed by atoms with E-state index in [-0.39, 0.29) is 16.6 Å². The number of para-hydroxylation sites is 2. The molecule has 0 spiro atoms. The topological polar surface area (TPSA) is 95.5 Å². The van der Waals surface area contributed by atoms with Gasteiger partial charge < -0.3 is 24.2 Å². The number of ether oxygens (including phenoxy) is 2. The number of aromatic nitrogens is 1. The molecule has 228 valence electrons. The summed E-state index contributed by atoms with van der Waals surface area (Å²) < 4.78 is 40.5. The Balaban J connectivity index is 1.38. The van der Waals surface area contributed by atoms with Gasteiger partial charge in [0.05, 0.1) is 25.6 Å². The maximum absolute atomic E-state index is 14.5. The smallest absolute Gasteiger partial charge is 0.270 e. The van der Waals surface area contributed by atoms with Gasteiger partial charge >= 0.3 is 0 Å². The number of carbonyl (C=O) groups excluding carboxylic acids is 1. The van der Waals surface area contributed by atoms with Crippen LogP contribution in [0, 0.1) is 0 Å². The molecule has 44 heavy (non-hydrogen) atoms. The lowest BCUT2D eigenvalue weighted by Crippen LogP contribution is -2.54. The normalized spacial score (nSPS) is 17.3. The molecule has 0 saturated carbocycles. The van der Waals surface area contributed by atoms with Gasteiger partial charge in [-0.3, -0.25) is 9.78 Å². The molecule has 3 aromatic carbocycles. The second-order valence-electron chi connectivity index (χ2n) is 10.4. The number of carbonyl (C=O) groups is 1. The largest absolute Gasteiger partial charge is 0.497 e. The number of methoxy groups -OCH3 is 2. The van der Waals surface area contributed by atoms with Crippen LogP contribution in [0.5, 0.6) is 11.5 Å². The molecule has 0 bridgehead atoms. The fraction of sp³-hybridized carbons (Fsp3) is 0.250. The van der Waals surface area contributed by atoms with E-state index in [1.165, 1.54) is 26.4 Å². The second-order valence-corrected chi connectivity index (χ2v) is 12.5. The van der Waals surface area contributed by atoms with Crippen molar-refractivity contribution in [1.82, 2.24) is 9.88 Å². The van der Waals surface area contributed by atoms with Crippen LogP contribution in [0.1, 0.15) is 11.6 Å². The molecule has 1 amide bonds. The Hall–Kier alpha value is -4.48. The minimum absolute atomic E-state index is 0.0714. The number of alkyl halides is 1. The third-order valence-corrected chi connectivity index (χ3v) is 10.3. The Morgan fingerprint density at radius 3 is 2.18 bits per heavy atom.